The highest BCUT2D eigenvalue weighted by molar-refractivity contribution is 6.30. The molecule has 8 atom stereocenters. The van der Waals surface area contributed by atoms with E-state index in [1.54, 1.807) is 39.0 Å². The molecule has 0 saturated carbocycles. The van der Waals surface area contributed by atoms with Gasteiger partial charge in [-0.25, -0.2) is 0 Å². The van der Waals surface area contributed by atoms with Crippen molar-refractivity contribution in [2.75, 3.05) is 7.11 Å². The molecule has 268 valence electrons. The maximum Gasteiger partial charge on any atom is 0.312 e. The molecular formula is C38H45NO11. The lowest BCUT2D eigenvalue weighted by molar-refractivity contribution is -0.335. The second kappa shape index (κ2) is 13.4. The van der Waals surface area contributed by atoms with Crippen LogP contribution in [-0.4, -0.2) is 71.1 Å². The molecule has 1 fully saturated rings. The van der Waals surface area contributed by atoms with Crippen molar-refractivity contribution in [1.82, 2.24) is 5.32 Å². The largest absolute Gasteiger partial charge is 0.507 e. The first-order chi connectivity index (χ1) is 23.3. The molecule has 0 spiro atoms. The number of carbonyl (C=O) groups is 5. The molecule has 1 aliphatic carbocycles. The molecule has 7 bridgehead atoms. The van der Waals surface area contributed by atoms with Crippen molar-refractivity contribution in [3.05, 3.63) is 70.2 Å². The molecule has 12 heteroatoms. The Morgan fingerprint density at radius 3 is 2.20 bits per heavy atom. The third-order valence-electron chi connectivity index (χ3n) is 10.1. The zero-order chi connectivity index (χ0) is 37.0. The molecule has 1 aromatic rings. The lowest BCUT2D eigenvalue weighted by Crippen LogP contribution is -2.56. The number of benzene rings is 1. The predicted octanol–water partition coefficient (Wildman–Crippen LogP) is 5.07. The summed E-state index contributed by atoms with van der Waals surface area (Å²) in [5, 5.41) is 13.6. The highest BCUT2D eigenvalue weighted by atomic mass is 16.7. The number of rotatable bonds is 1. The number of Topliss-reactive ketones (excluding diaryl/α,β-unsaturated/α-hetero) is 3. The zero-order valence-corrected chi connectivity index (χ0v) is 30.0. The van der Waals surface area contributed by atoms with Crippen LogP contribution in [0.3, 0.4) is 0 Å². The minimum Gasteiger partial charge on any atom is -0.507 e. The summed E-state index contributed by atoms with van der Waals surface area (Å²) in [4.78, 5) is 67.8. The van der Waals surface area contributed by atoms with Gasteiger partial charge in [-0.3, -0.25) is 24.0 Å². The number of carbonyl (C=O) groups excluding carboxylic acids is 5. The Balaban J connectivity index is 1.60. The number of phenolic OH excluding ortho intramolecular Hbond substituents is 1. The zero-order valence-electron chi connectivity index (χ0n) is 30.0. The molecule has 12 nitrogen and oxygen atoms in total. The van der Waals surface area contributed by atoms with Crippen LogP contribution in [0.2, 0.25) is 0 Å². The van der Waals surface area contributed by atoms with Crippen molar-refractivity contribution in [3.63, 3.8) is 0 Å². The molecule has 1 amide bonds. The third kappa shape index (κ3) is 6.36. The van der Waals surface area contributed by atoms with Crippen LogP contribution in [0.5, 0.6) is 11.5 Å². The third-order valence-corrected chi connectivity index (χ3v) is 10.1. The number of aromatic hydroxyl groups is 1. The first kappa shape index (κ1) is 36.9. The van der Waals surface area contributed by atoms with E-state index in [4.69, 9.17) is 23.7 Å². The van der Waals surface area contributed by atoms with Gasteiger partial charge in [-0.05, 0) is 33.8 Å². The summed E-state index contributed by atoms with van der Waals surface area (Å²) in [6.07, 6.45) is 7.07. The number of methoxy groups -OCH3 is 1. The standard InChI is InChI=1S/C38H45NO11/c1-17-12-11-13-18(2)36(45)39-23-16-24(40)26-27(31(23)43)30(42)21(5)34-28(26)35(44)38(9,50-34)47-15-14-25(46-10)19(3)32-22(6)33(20(4)29(17)41)49-37(7,8)48-32/h11-17,19-20,22,25,32-33,42H,1-10H3,(H,39,45)/b12-11-,15-14?,18-13-. The molecule has 1 saturated heterocycles. The van der Waals surface area contributed by atoms with Crippen LogP contribution in [-0.2, 0) is 28.5 Å². The van der Waals surface area contributed by atoms with Crippen LogP contribution in [0.25, 0.3) is 0 Å². The SMILES string of the molecule is COC1C=COC2(C)Oc3c(C)c(O)c4c(c3C2=O)C(=O)C=C(NC(=O)/C(C)=C\C=C/C(C)C(=O)C(C)C2OC(C)(C)OC(C1C)C2C)C4=O. The Bertz CT molecular complexity index is 1780. The van der Waals surface area contributed by atoms with Crippen molar-refractivity contribution in [3.8, 4) is 11.5 Å². The van der Waals surface area contributed by atoms with Crippen molar-refractivity contribution < 1.29 is 52.8 Å². The van der Waals surface area contributed by atoms with Crippen LogP contribution in [0.4, 0.5) is 0 Å². The van der Waals surface area contributed by atoms with E-state index >= 15 is 0 Å². The lowest BCUT2D eigenvalue weighted by atomic mass is 9.78. The molecule has 8 unspecified atom stereocenters. The summed E-state index contributed by atoms with van der Waals surface area (Å²) in [5.74, 6) is -8.30. The number of nitrogens with one attached hydrogen (secondary N) is 1. The minimum absolute atomic E-state index is 0.0491. The maximum absolute atomic E-state index is 13.9. The number of fused-ring (bicyclic) bond motifs is 10. The molecule has 0 radical (unpaired) electrons. The van der Waals surface area contributed by atoms with Crippen molar-refractivity contribution in [2.45, 2.75) is 92.2 Å². The van der Waals surface area contributed by atoms with Gasteiger partial charge in [0.2, 0.25) is 5.78 Å². The molecule has 5 aliphatic rings. The van der Waals surface area contributed by atoms with Gasteiger partial charge in [-0.2, -0.15) is 0 Å². The number of hydrogen-bond acceptors (Lipinski definition) is 11. The van der Waals surface area contributed by atoms with Gasteiger partial charge in [0.05, 0.1) is 47.0 Å². The van der Waals surface area contributed by atoms with E-state index in [1.165, 1.54) is 40.2 Å². The lowest BCUT2D eigenvalue weighted by Gasteiger charge is -2.49. The van der Waals surface area contributed by atoms with Gasteiger partial charge >= 0.3 is 5.79 Å². The quantitative estimate of drug-likeness (QED) is 0.404. The van der Waals surface area contributed by atoms with Crippen molar-refractivity contribution in [1.29, 1.82) is 0 Å². The topological polar surface area (TPSA) is 164 Å². The number of ether oxygens (including phenoxy) is 5. The van der Waals surface area contributed by atoms with Gasteiger partial charge in [-0.15, -0.1) is 0 Å². The van der Waals surface area contributed by atoms with Crippen LogP contribution < -0.4 is 10.1 Å². The van der Waals surface area contributed by atoms with Crippen LogP contribution >= 0.6 is 0 Å². The Kier molecular flexibility index (Phi) is 9.87. The molecule has 6 rings (SSSR count). The predicted molar refractivity (Wildman–Crippen MR) is 181 cm³/mol. The summed E-state index contributed by atoms with van der Waals surface area (Å²) < 4.78 is 30.4. The van der Waals surface area contributed by atoms with Crippen LogP contribution in [0.15, 0.2) is 47.9 Å². The first-order valence-electron chi connectivity index (χ1n) is 16.7. The van der Waals surface area contributed by atoms with Gasteiger partial charge in [0.1, 0.15) is 17.3 Å². The molecule has 4 heterocycles. The fourth-order valence-corrected chi connectivity index (χ4v) is 7.16. The number of allylic oxidation sites excluding steroid dienone is 5. The Morgan fingerprint density at radius 1 is 0.880 bits per heavy atom. The van der Waals surface area contributed by atoms with Crippen molar-refractivity contribution in [2.24, 2.45) is 23.7 Å². The Labute approximate surface area is 291 Å². The molecule has 50 heavy (non-hydrogen) atoms. The maximum atomic E-state index is 13.9. The van der Waals surface area contributed by atoms with Gasteiger partial charge < -0.3 is 34.1 Å². The minimum atomic E-state index is -1.96. The summed E-state index contributed by atoms with van der Waals surface area (Å²) >= 11 is 0. The number of ketones is 4. The van der Waals surface area contributed by atoms with E-state index in [9.17, 15) is 29.1 Å². The molecule has 0 aromatic heterocycles. The molecular weight excluding hydrogens is 646 g/mol. The van der Waals surface area contributed by atoms with E-state index in [1.807, 2.05) is 20.8 Å². The molecule has 2 N–H and O–H groups in total. The van der Waals surface area contributed by atoms with E-state index in [2.05, 4.69) is 5.32 Å². The normalized spacial score (nSPS) is 34.7. The molecule has 4 aliphatic heterocycles. The fourth-order valence-electron chi connectivity index (χ4n) is 7.16. The van der Waals surface area contributed by atoms with Crippen LogP contribution in [0.1, 0.15) is 92.0 Å². The van der Waals surface area contributed by atoms with Gasteiger partial charge in [0.15, 0.2) is 11.6 Å². The summed E-state index contributed by atoms with van der Waals surface area (Å²) in [6.45, 7) is 15.4. The fraction of sp³-hybridized carbons (Fsp3) is 0.500. The summed E-state index contributed by atoms with van der Waals surface area (Å²) in [7, 11) is 1.53. The number of amides is 1. The second-order valence-corrected chi connectivity index (χ2v) is 14.2. The highest BCUT2D eigenvalue weighted by Crippen LogP contribution is 2.48. The van der Waals surface area contributed by atoms with Crippen LogP contribution in [0, 0.1) is 30.6 Å². The number of phenols is 1. The average molecular weight is 692 g/mol. The molecule has 1 aromatic carbocycles. The van der Waals surface area contributed by atoms with E-state index in [0.29, 0.717) is 0 Å². The average Bonchev–Trinajstić information content (AvgIpc) is 3.32. The monoisotopic (exact) mass is 691 g/mol. The summed E-state index contributed by atoms with van der Waals surface area (Å²) in [6, 6.07) is 0. The highest BCUT2D eigenvalue weighted by Gasteiger charge is 2.52. The van der Waals surface area contributed by atoms with E-state index in [0.717, 1.165) is 6.08 Å². The van der Waals surface area contributed by atoms with Gasteiger partial charge in [0.25, 0.3) is 11.7 Å². The first-order valence-corrected chi connectivity index (χ1v) is 16.7. The van der Waals surface area contributed by atoms with Gasteiger partial charge in [-0.1, -0.05) is 45.9 Å². The smallest absolute Gasteiger partial charge is 0.312 e. The van der Waals surface area contributed by atoms with Crippen molar-refractivity contribution >= 4 is 29.0 Å². The van der Waals surface area contributed by atoms with E-state index < -0.39 is 76.3 Å². The van der Waals surface area contributed by atoms with E-state index in [-0.39, 0.29) is 51.3 Å². The number of hydrogen-bond donors (Lipinski definition) is 2. The Morgan fingerprint density at radius 2 is 1.54 bits per heavy atom. The van der Waals surface area contributed by atoms with Gasteiger partial charge in [0, 0.05) is 54.9 Å². The second-order valence-electron chi connectivity index (χ2n) is 14.2. The Hall–Kier alpha value is -4.39. The summed E-state index contributed by atoms with van der Waals surface area (Å²) in [5.41, 5.74) is -1.09.